The van der Waals surface area contributed by atoms with Gasteiger partial charge in [-0.05, 0) is 73.5 Å². The van der Waals surface area contributed by atoms with Gasteiger partial charge >= 0.3 is 0 Å². The first-order valence-corrected chi connectivity index (χ1v) is 9.10. The molecule has 1 heterocycles. The zero-order valence-corrected chi connectivity index (χ0v) is 15.7. The number of ether oxygens (including phenoxy) is 1. The standard InChI is InChI=1S/C20H20N2O3S/c1-4-25-17-10-14(7-8-16(17)23)11-18-19(24)22-20(26-18)21-15-9-12(2)5-6-13(15)3/h5-11,23H,4H2,1-3H3,(H,21,22,24)/b18-11-. The minimum Gasteiger partial charge on any atom is -0.504 e. The molecule has 0 bridgehead atoms. The molecule has 134 valence electrons. The molecule has 6 heteroatoms. The Balaban J connectivity index is 1.86. The Hall–Kier alpha value is -2.73. The molecule has 1 aliphatic rings. The van der Waals surface area contributed by atoms with Crippen molar-refractivity contribution >= 4 is 34.6 Å². The number of amidine groups is 1. The summed E-state index contributed by atoms with van der Waals surface area (Å²) in [6.45, 7) is 6.30. The molecule has 1 amide bonds. The number of amides is 1. The molecular formula is C20H20N2O3S. The average molecular weight is 368 g/mol. The topological polar surface area (TPSA) is 70.9 Å². The van der Waals surface area contributed by atoms with Gasteiger partial charge in [0.1, 0.15) is 0 Å². The maximum Gasteiger partial charge on any atom is 0.264 e. The summed E-state index contributed by atoms with van der Waals surface area (Å²) in [5.74, 6) is 0.286. The molecule has 1 aliphatic heterocycles. The quantitative estimate of drug-likeness (QED) is 0.790. The first-order valence-electron chi connectivity index (χ1n) is 8.29. The van der Waals surface area contributed by atoms with Crippen molar-refractivity contribution in [2.24, 2.45) is 4.99 Å². The number of hydrogen-bond donors (Lipinski definition) is 2. The summed E-state index contributed by atoms with van der Waals surface area (Å²) in [5.41, 5.74) is 3.79. The zero-order valence-electron chi connectivity index (χ0n) is 14.9. The fourth-order valence-electron chi connectivity index (χ4n) is 2.47. The fraction of sp³-hybridized carbons (Fsp3) is 0.200. The second kappa shape index (κ2) is 7.66. The Kier molecular flexibility index (Phi) is 5.32. The van der Waals surface area contributed by atoms with Crippen LogP contribution in [0.2, 0.25) is 0 Å². The summed E-state index contributed by atoms with van der Waals surface area (Å²) in [5, 5.41) is 13.1. The maximum atomic E-state index is 12.2. The molecule has 2 N–H and O–H groups in total. The van der Waals surface area contributed by atoms with Crippen molar-refractivity contribution < 1.29 is 14.6 Å². The summed E-state index contributed by atoms with van der Waals surface area (Å²) in [6, 6.07) is 11.0. The van der Waals surface area contributed by atoms with Crippen molar-refractivity contribution in [2.75, 3.05) is 6.61 Å². The van der Waals surface area contributed by atoms with Crippen molar-refractivity contribution in [3.05, 3.63) is 58.0 Å². The van der Waals surface area contributed by atoms with Gasteiger partial charge in [0, 0.05) is 0 Å². The highest BCUT2D eigenvalue weighted by atomic mass is 32.2. The van der Waals surface area contributed by atoms with Gasteiger partial charge in [0.15, 0.2) is 16.7 Å². The number of phenolic OH excluding ortho intramolecular Hbond substituents is 1. The van der Waals surface area contributed by atoms with E-state index in [4.69, 9.17) is 4.74 Å². The minimum atomic E-state index is -0.190. The molecule has 2 aromatic carbocycles. The third-order valence-corrected chi connectivity index (χ3v) is 4.73. The summed E-state index contributed by atoms with van der Waals surface area (Å²) < 4.78 is 5.38. The van der Waals surface area contributed by atoms with E-state index in [-0.39, 0.29) is 11.7 Å². The highest BCUT2D eigenvalue weighted by Crippen LogP contribution is 2.32. The van der Waals surface area contributed by atoms with Crippen molar-refractivity contribution in [1.29, 1.82) is 0 Å². The third kappa shape index (κ3) is 4.08. The normalized spacial score (nSPS) is 17.0. The lowest BCUT2D eigenvalue weighted by molar-refractivity contribution is -0.115. The lowest BCUT2D eigenvalue weighted by atomic mass is 10.1. The van der Waals surface area contributed by atoms with Gasteiger partial charge in [-0.2, -0.15) is 0 Å². The monoisotopic (exact) mass is 368 g/mol. The molecule has 26 heavy (non-hydrogen) atoms. The van der Waals surface area contributed by atoms with Gasteiger partial charge in [-0.3, -0.25) is 4.79 Å². The molecule has 5 nitrogen and oxygen atoms in total. The van der Waals surface area contributed by atoms with Crippen LogP contribution in [-0.4, -0.2) is 22.8 Å². The number of hydrogen-bond acceptors (Lipinski definition) is 5. The van der Waals surface area contributed by atoms with E-state index in [0.717, 1.165) is 22.4 Å². The van der Waals surface area contributed by atoms with Crippen LogP contribution in [-0.2, 0) is 4.79 Å². The number of rotatable bonds is 4. The third-order valence-electron chi connectivity index (χ3n) is 3.82. The molecule has 2 aromatic rings. The van der Waals surface area contributed by atoms with E-state index in [1.165, 1.54) is 11.8 Å². The summed E-state index contributed by atoms with van der Waals surface area (Å²) in [6.07, 6.45) is 1.76. The maximum absolute atomic E-state index is 12.2. The summed E-state index contributed by atoms with van der Waals surface area (Å²) >= 11 is 1.29. The molecular weight excluding hydrogens is 348 g/mol. The second-order valence-corrected chi connectivity index (χ2v) is 6.96. The summed E-state index contributed by atoms with van der Waals surface area (Å²) in [4.78, 5) is 17.4. The van der Waals surface area contributed by atoms with Gasteiger partial charge in [0.2, 0.25) is 0 Å². The number of carbonyl (C=O) groups is 1. The van der Waals surface area contributed by atoms with Crippen molar-refractivity contribution in [3.8, 4) is 11.5 Å². The van der Waals surface area contributed by atoms with E-state index in [1.807, 2.05) is 39.0 Å². The van der Waals surface area contributed by atoms with Gasteiger partial charge in [-0.1, -0.05) is 18.2 Å². The molecule has 0 atom stereocenters. The molecule has 0 saturated carbocycles. The van der Waals surface area contributed by atoms with Crippen LogP contribution in [0.1, 0.15) is 23.6 Å². The average Bonchev–Trinajstić information content (AvgIpc) is 2.93. The number of aryl methyl sites for hydroxylation is 2. The van der Waals surface area contributed by atoms with E-state index in [0.29, 0.717) is 22.4 Å². The predicted octanol–water partition coefficient (Wildman–Crippen LogP) is 4.30. The molecule has 0 aliphatic carbocycles. The number of benzene rings is 2. The van der Waals surface area contributed by atoms with Crippen molar-refractivity contribution in [2.45, 2.75) is 20.8 Å². The van der Waals surface area contributed by atoms with E-state index < -0.39 is 0 Å². The van der Waals surface area contributed by atoms with Gasteiger partial charge in [0.25, 0.3) is 5.91 Å². The largest absolute Gasteiger partial charge is 0.504 e. The zero-order chi connectivity index (χ0) is 18.7. The number of aliphatic imine (C=N–C) groups is 1. The molecule has 1 fully saturated rings. The van der Waals surface area contributed by atoms with Gasteiger partial charge in [-0.25, -0.2) is 4.99 Å². The van der Waals surface area contributed by atoms with Crippen LogP contribution in [0.4, 0.5) is 5.69 Å². The molecule has 0 spiro atoms. The van der Waals surface area contributed by atoms with Crippen LogP contribution >= 0.6 is 11.8 Å². The van der Waals surface area contributed by atoms with E-state index in [1.54, 1.807) is 24.3 Å². The Labute approximate surface area is 156 Å². The molecule has 0 unspecified atom stereocenters. The number of nitrogens with one attached hydrogen (secondary N) is 1. The fourth-order valence-corrected chi connectivity index (χ4v) is 3.31. The molecule has 0 radical (unpaired) electrons. The van der Waals surface area contributed by atoms with Crippen LogP contribution in [0.15, 0.2) is 46.3 Å². The van der Waals surface area contributed by atoms with Crippen LogP contribution in [0.3, 0.4) is 0 Å². The van der Waals surface area contributed by atoms with E-state index >= 15 is 0 Å². The van der Waals surface area contributed by atoms with Crippen LogP contribution in [0.5, 0.6) is 11.5 Å². The van der Waals surface area contributed by atoms with Gasteiger partial charge in [0.05, 0.1) is 17.2 Å². The smallest absolute Gasteiger partial charge is 0.264 e. The van der Waals surface area contributed by atoms with E-state index in [2.05, 4.69) is 10.3 Å². The number of nitrogens with zero attached hydrogens (tertiary/aromatic N) is 1. The predicted molar refractivity (Wildman–Crippen MR) is 106 cm³/mol. The first kappa shape index (κ1) is 18.1. The number of thioether (sulfide) groups is 1. The summed E-state index contributed by atoms with van der Waals surface area (Å²) in [7, 11) is 0. The van der Waals surface area contributed by atoms with Crippen molar-refractivity contribution in [3.63, 3.8) is 0 Å². The molecule has 1 saturated heterocycles. The SMILES string of the molecule is CCOc1cc(/C=C2\SC(=Nc3cc(C)ccc3C)NC2=O)ccc1O. The van der Waals surface area contributed by atoms with Crippen molar-refractivity contribution in [1.82, 2.24) is 5.32 Å². The Morgan fingerprint density at radius 2 is 2.04 bits per heavy atom. The Bertz CT molecular complexity index is 919. The van der Waals surface area contributed by atoms with Gasteiger partial charge in [-0.15, -0.1) is 0 Å². The minimum absolute atomic E-state index is 0.0784. The number of phenols is 1. The first-order chi connectivity index (χ1) is 12.5. The highest BCUT2D eigenvalue weighted by molar-refractivity contribution is 8.18. The van der Waals surface area contributed by atoms with E-state index in [9.17, 15) is 9.90 Å². The lowest BCUT2D eigenvalue weighted by Gasteiger charge is -2.06. The Morgan fingerprint density at radius 1 is 1.23 bits per heavy atom. The number of carbonyl (C=O) groups excluding carboxylic acids is 1. The molecule has 0 aromatic heterocycles. The molecule has 3 rings (SSSR count). The second-order valence-electron chi connectivity index (χ2n) is 5.93. The van der Waals surface area contributed by atoms with Crippen LogP contribution in [0.25, 0.3) is 6.08 Å². The van der Waals surface area contributed by atoms with Gasteiger partial charge < -0.3 is 15.2 Å². The van der Waals surface area contributed by atoms with Crippen LogP contribution in [0, 0.1) is 13.8 Å². The highest BCUT2D eigenvalue weighted by Gasteiger charge is 2.24. The number of aromatic hydroxyl groups is 1. The lowest BCUT2D eigenvalue weighted by Crippen LogP contribution is -2.19. The van der Waals surface area contributed by atoms with Crippen LogP contribution < -0.4 is 10.1 Å². The Morgan fingerprint density at radius 3 is 2.81 bits per heavy atom.